The molecule has 1 amide bonds. The molecule has 1 aromatic heterocycles. The van der Waals surface area contributed by atoms with E-state index in [0.29, 0.717) is 23.2 Å². The number of hydrogen-bond donors (Lipinski definition) is 2. The van der Waals surface area contributed by atoms with Gasteiger partial charge in [-0.2, -0.15) is 0 Å². The van der Waals surface area contributed by atoms with Crippen LogP contribution in [0.3, 0.4) is 0 Å². The Bertz CT molecular complexity index is 851. The molecular weight excluding hydrogens is 370 g/mol. The molecule has 1 unspecified atom stereocenters. The quantitative estimate of drug-likeness (QED) is 0.528. The van der Waals surface area contributed by atoms with E-state index in [1.807, 2.05) is 6.07 Å². The number of hydrogen-bond acceptors (Lipinski definition) is 8. The first kappa shape index (κ1) is 18.7. The van der Waals surface area contributed by atoms with E-state index < -0.39 is 18.0 Å². The molecule has 0 bridgehead atoms. The molecule has 2 heterocycles. The standard InChI is InChI=1S/C18H19N3O5S/c1-3-6-19-18-21-13(9-27-18)17(23)26-11(2)16(22)20-8-12-4-5-14-15(7-12)25-10-24-14/h3-5,7,9,11H,1,6,8,10H2,2H3,(H,19,21)(H,20,22). The van der Waals surface area contributed by atoms with Gasteiger partial charge in [0.25, 0.3) is 5.91 Å². The minimum atomic E-state index is -0.946. The van der Waals surface area contributed by atoms with Crippen molar-refractivity contribution in [3.05, 3.63) is 47.5 Å². The van der Waals surface area contributed by atoms with Crippen molar-refractivity contribution in [1.29, 1.82) is 0 Å². The summed E-state index contributed by atoms with van der Waals surface area (Å²) < 4.78 is 15.7. The Labute approximate surface area is 160 Å². The summed E-state index contributed by atoms with van der Waals surface area (Å²) in [7, 11) is 0. The van der Waals surface area contributed by atoms with Gasteiger partial charge in [0.2, 0.25) is 6.79 Å². The van der Waals surface area contributed by atoms with E-state index in [2.05, 4.69) is 22.2 Å². The summed E-state index contributed by atoms with van der Waals surface area (Å²) in [6.07, 6.45) is 0.740. The molecule has 142 valence electrons. The molecule has 1 aliphatic rings. The van der Waals surface area contributed by atoms with E-state index in [0.717, 1.165) is 5.56 Å². The normalized spacial score (nSPS) is 12.9. The van der Waals surface area contributed by atoms with Crippen molar-refractivity contribution in [2.24, 2.45) is 0 Å². The smallest absolute Gasteiger partial charge is 0.358 e. The summed E-state index contributed by atoms with van der Waals surface area (Å²) in [5, 5.41) is 7.87. The topological polar surface area (TPSA) is 98.8 Å². The lowest BCUT2D eigenvalue weighted by Crippen LogP contribution is -2.35. The largest absolute Gasteiger partial charge is 0.454 e. The lowest BCUT2D eigenvalue weighted by molar-refractivity contribution is -0.129. The molecule has 0 fully saturated rings. The van der Waals surface area contributed by atoms with Gasteiger partial charge in [-0.1, -0.05) is 12.1 Å². The number of fused-ring (bicyclic) bond motifs is 1. The van der Waals surface area contributed by atoms with E-state index in [1.165, 1.54) is 18.3 Å². The molecule has 1 aliphatic heterocycles. The highest BCUT2D eigenvalue weighted by Crippen LogP contribution is 2.32. The van der Waals surface area contributed by atoms with Gasteiger partial charge < -0.3 is 24.8 Å². The number of nitrogens with zero attached hydrogens (tertiary/aromatic N) is 1. The summed E-state index contributed by atoms with van der Waals surface area (Å²) in [5.41, 5.74) is 1.01. The summed E-state index contributed by atoms with van der Waals surface area (Å²) in [6.45, 7) is 6.13. The molecule has 27 heavy (non-hydrogen) atoms. The second-order valence-corrected chi connectivity index (χ2v) is 6.52. The number of rotatable bonds is 8. The minimum Gasteiger partial charge on any atom is -0.454 e. The van der Waals surface area contributed by atoms with Crippen LogP contribution in [0.1, 0.15) is 23.0 Å². The molecule has 8 nitrogen and oxygen atoms in total. The lowest BCUT2D eigenvalue weighted by atomic mass is 10.2. The number of carbonyl (C=O) groups excluding carboxylic acids is 2. The predicted octanol–water partition coefficient (Wildman–Crippen LogP) is 2.33. The van der Waals surface area contributed by atoms with Gasteiger partial charge in [0.1, 0.15) is 0 Å². The fourth-order valence-electron chi connectivity index (χ4n) is 2.27. The van der Waals surface area contributed by atoms with Gasteiger partial charge in [0, 0.05) is 18.5 Å². The van der Waals surface area contributed by atoms with Crippen molar-refractivity contribution in [2.75, 3.05) is 18.7 Å². The van der Waals surface area contributed by atoms with Crippen LogP contribution in [-0.4, -0.2) is 36.3 Å². The number of ether oxygens (including phenoxy) is 3. The SMILES string of the molecule is C=CCNc1nc(C(=O)OC(C)C(=O)NCc2ccc3c(c2)OCO3)cs1. The zero-order valence-corrected chi connectivity index (χ0v) is 15.5. The Morgan fingerprint density at radius 3 is 3.04 bits per heavy atom. The van der Waals surface area contributed by atoms with Crippen molar-refractivity contribution in [1.82, 2.24) is 10.3 Å². The molecule has 0 aliphatic carbocycles. The highest BCUT2D eigenvalue weighted by Gasteiger charge is 2.21. The van der Waals surface area contributed by atoms with Crippen molar-refractivity contribution in [3.63, 3.8) is 0 Å². The van der Waals surface area contributed by atoms with Crippen LogP contribution in [0.5, 0.6) is 11.5 Å². The molecular formula is C18H19N3O5S. The maximum absolute atomic E-state index is 12.2. The van der Waals surface area contributed by atoms with E-state index in [9.17, 15) is 9.59 Å². The summed E-state index contributed by atoms with van der Waals surface area (Å²) >= 11 is 1.28. The summed E-state index contributed by atoms with van der Waals surface area (Å²) in [6, 6.07) is 5.41. The van der Waals surface area contributed by atoms with Crippen LogP contribution >= 0.6 is 11.3 Å². The molecule has 1 atom stereocenters. The minimum absolute atomic E-state index is 0.155. The number of esters is 1. The van der Waals surface area contributed by atoms with Crippen LogP contribution in [0.25, 0.3) is 0 Å². The average molecular weight is 389 g/mol. The first-order valence-corrected chi connectivity index (χ1v) is 9.12. The number of amides is 1. The Morgan fingerprint density at radius 2 is 2.22 bits per heavy atom. The van der Waals surface area contributed by atoms with Gasteiger partial charge in [-0.15, -0.1) is 17.9 Å². The van der Waals surface area contributed by atoms with Crippen molar-refractivity contribution < 1.29 is 23.8 Å². The molecule has 9 heteroatoms. The molecule has 1 aromatic carbocycles. The molecule has 0 radical (unpaired) electrons. The van der Waals surface area contributed by atoms with Gasteiger partial charge in [0.05, 0.1) is 0 Å². The zero-order chi connectivity index (χ0) is 19.2. The Morgan fingerprint density at radius 1 is 1.41 bits per heavy atom. The van der Waals surface area contributed by atoms with Crippen LogP contribution in [0.15, 0.2) is 36.2 Å². The molecule has 0 spiro atoms. The van der Waals surface area contributed by atoms with E-state index in [-0.39, 0.29) is 19.0 Å². The third-order valence-electron chi connectivity index (χ3n) is 3.67. The molecule has 2 N–H and O–H groups in total. The number of carbonyl (C=O) groups is 2. The van der Waals surface area contributed by atoms with Crippen molar-refractivity contribution in [2.45, 2.75) is 19.6 Å². The van der Waals surface area contributed by atoms with Crippen molar-refractivity contribution in [3.8, 4) is 11.5 Å². The third kappa shape index (κ3) is 4.76. The van der Waals surface area contributed by atoms with Gasteiger partial charge in [-0.05, 0) is 24.6 Å². The van der Waals surface area contributed by atoms with Gasteiger partial charge in [-0.25, -0.2) is 9.78 Å². The number of anilines is 1. The van der Waals surface area contributed by atoms with E-state index in [1.54, 1.807) is 23.6 Å². The Balaban J connectivity index is 1.49. The van der Waals surface area contributed by atoms with Crippen LogP contribution < -0.4 is 20.1 Å². The van der Waals surface area contributed by atoms with Crippen LogP contribution in [-0.2, 0) is 16.1 Å². The maximum Gasteiger partial charge on any atom is 0.358 e. The molecule has 0 saturated heterocycles. The monoisotopic (exact) mass is 389 g/mol. The van der Waals surface area contributed by atoms with Gasteiger partial charge >= 0.3 is 5.97 Å². The van der Waals surface area contributed by atoms with Crippen LogP contribution in [0.4, 0.5) is 5.13 Å². The fraction of sp³-hybridized carbons (Fsp3) is 0.278. The van der Waals surface area contributed by atoms with Crippen LogP contribution in [0, 0.1) is 0 Å². The Hall–Kier alpha value is -3.07. The lowest BCUT2D eigenvalue weighted by Gasteiger charge is -2.13. The van der Waals surface area contributed by atoms with Crippen LogP contribution in [0.2, 0.25) is 0 Å². The van der Waals surface area contributed by atoms with E-state index in [4.69, 9.17) is 14.2 Å². The third-order valence-corrected chi connectivity index (χ3v) is 4.47. The first-order chi connectivity index (χ1) is 13.1. The van der Waals surface area contributed by atoms with Crippen molar-refractivity contribution >= 4 is 28.3 Å². The maximum atomic E-state index is 12.2. The van der Waals surface area contributed by atoms with E-state index >= 15 is 0 Å². The first-order valence-electron chi connectivity index (χ1n) is 8.24. The second kappa shape index (κ2) is 8.54. The second-order valence-electron chi connectivity index (χ2n) is 5.66. The predicted molar refractivity (Wildman–Crippen MR) is 100 cm³/mol. The molecule has 0 saturated carbocycles. The molecule has 2 aromatic rings. The molecule has 3 rings (SSSR count). The number of aromatic nitrogens is 1. The highest BCUT2D eigenvalue weighted by atomic mass is 32.1. The van der Waals surface area contributed by atoms with Gasteiger partial charge in [0.15, 0.2) is 28.4 Å². The Kier molecular flexibility index (Phi) is 5.92. The number of benzene rings is 1. The summed E-state index contributed by atoms with van der Waals surface area (Å²) in [4.78, 5) is 28.4. The number of nitrogens with one attached hydrogen (secondary N) is 2. The number of thiazole rings is 1. The average Bonchev–Trinajstić information content (AvgIpc) is 3.33. The summed E-state index contributed by atoms with van der Waals surface area (Å²) in [5.74, 6) is 0.271. The highest BCUT2D eigenvalue weighted by molar-refractivity contribution is 7.13. The zero-order valence-electron chi connectivity index (χ0n) is 14.7. The fourth-order valence-corrected chi connectivity index (χ4v) is 2.96. The van der Waals surface area contributed by atoms with Gasteiger partial charge in [-0.3, -0.25) is 4.79 Å².